The lowest BCUT2D eigenvalue weighted by Gasteiger charge is -2.06. The van der Waals surface area contributed by atoms with Gasteiger partial charge in [-0.1, -0.05) is 0 Å². The molecule has 0 spiro atoms. The molecule has 0 aliphatic rings. The molecular weight excluding hydrogens is 184 g/mol. The number of halogens is 3. The Morgan fingerprint density at radius 2 is 1.45 bits per heavy atom. The van der Waals surface area contributed by atoms with Gasteiger partial charge in [-0.2, -0.15) is 0 Å². The highest BCUT2D eigenvalue weighted by Crippen LogP contribution is 2.49. The predicted octanol–water partition coefficient (Wildman–Crippen LogP) is 2.04. The molecule has 7 heteroatoms. The SMILES string of the molecule is O=P(F)(OCCF)OCCF. The van der Waals surface area contributed by atoms with Crippen LogP contribution < -0.4 is 0 Å². The van der Waals surface area contributed by atoms with Gasteiger partial charge in [0, 0.05) is 0 Å². The second kappa shape index (κ2) is 5.57. The first kappa shape index (κ1) is 10.9. The lowest BCUT2D eigenvalue weighted by atomic mass is 10.9. The summed E-state index contributed by atoms with van der Waals surface area (Å²) in [5, 5.41) is 0. The van der Waals surface area contributed by atoms with Gasteiger partial charge < -0.3 is 0 Å². The third kappa shape index (κ3) is 6.34. The van der Waals surface area contributed by atoms with Crippen molar-refractivity contribution in [1.82, 2.24) is 0 Å². The zero-order valence-electron chi connectivity index (χ0n) is 5.63. The Morgan fingerprint density at radius 1 is 1.09 bits per heavy atom. The molecule has 0 bridgehead atoms. The number of hydrogen-bond acceptors (Lipinski definition) is 3. The Balaban J connectivity index is 3.53. The van der Waals surface area contributed by atoms with E-state index in [1.807, 2.05) is 0 Å². The molecule has 0 fully saturated rings. The summed E-state index contributed by atoms with van der Waals surface area (Å²) in [5.41, 5.74) is 0. The van der Waals surface area contributed by atoms with E-state index in [2.05, 4.69) is 9.05 Å². The molecule has 11 heavy (non-hydrogen) atoms. The minimum atomic E-state index is -4.71. The molecule has 0 unspecified atom stereocenters. The fourth-order valence-corrected chi connectivity index (χ4v) is 0.973. The minimum Gasteiger partial charge on any atom is -0.281 e. The second-order valence-electron chi connectivity index (χ2n) is 1.48. The summed E-state index contributed by atoms with van der Waals surface area (Å²) in [6.45, 7) is -3.24. The molecule has 0 radical (unpaired) electrons. The van der Waals surface area contributed by atoms with Gasteiger partial charge in [0.1, 0.15) is 13.3 Å². The molecule has 0 aliphatic heterocycles. The largest absolute Gasteiger partial charge is 0.513 e. The lowest BCUT2D eigenvalue weighted by molar-refractivity contribution is 0.156. The van der Waals surface area contributed by atoms with Crippen LogP contribution in [0, 0.1) is 0 Å². The smallest absolute Gasteiger partial charge is 0.281 e. The van der Waals surface area contributed by atoms with Gasteiger partial charge in [0.2, 0.25) is 0 Å². The second-order valence-corrected chi connectivity index (χ2v) is 2.85. The van der Waals surface area contributed by atoms with E-state index in [1.165, 1.54) is 0 Å². The van der Waals surface area contributed by atoms with E-state index >= 15 is 0 Å². The molecule has 0 aliphatic carbocycles. The van der Waals surface area contributed by atoms with Crippen LogP contribution in [0.2, 0.25) is 0 Å². The average molecular weight is 192 g/mol. The van der Waals surface area contributed by atoms with Gasteiger partial charge in [0.05, 0.1) is 13.2 Å². The van der Waals surface area contributed by atoms with Crippen LogP contribution in [0.15, 0.2) is 0 Å². The normalized spacial score (nSPS) is 11.9. The van der Waals surface area contributed by atoms with Gasteiger partial charge in [0.25, 0.3) is 0 Å². The third-order valence-corrected chi connectivity index (χ3v) is 1.63. The fourth-order valence-electron chi connectivity index (χ4n) is 0.324. The summed E-state index contributed by atoms with van der Waals surface area (Å²) in [7, 11) is -4.71. The first-order chi connectivity index (χ1) is 5.12. The molecule has 0 rings (SSSR count). The van der Waals surface area contributed by atoms with Crippen LogP contribution in [0.1, 0.15) is 0 Å². The van der Waals surface area contributed by atoms with Crippen molar-refractivity contribution < 1.29 is 26.6 Å². The highest BCUT2D eigenvalue weighted by Gasteiger charge is 2.23. The number of hydrogen-bond donors (Lipinski definition) is 0. The zero-order valence-corrected chi connectivity index (χ0v) is 6.53. The van der Waals surface area contributed by atoms with Crippen molar-refractivity contribution in [3.05, 3.63) is 0 Å². The maximum absolute atomic E-state index is 12.2. The molecule has 0 amide bonds. The Labute approximate surface area is 62.1 Å². The molecule has 0 saturated carbocycles. The van der Waals surface area contributed by atoms with Gasteiger partial charge in [-0.05, 0) is 0 Å². The summed E-state index contributed by atoms with van der Waals surface area (Å²) in [6.07, 6.45) is 0. The topological polar surface area (TPSA) is 35.5 Å². The van der Waals surface area contributed by atoms with Crippen molar-refractivity contribution in [2.24, 2.45) is 0 Å². The summed E-state index contributed by atoms with van der Waals surface area (Å²) in [4.78, 5) is 0. The fraction of sp³-hybridized carbons (Fsp3) is 1.00. The molecule has 0 aromatic carbocycles. The van der Waals surface area contributed by atoms with E-state index < -0.39 is 34.5 Å². The Kier molecular flexibility index (Phi) is 5.54. The third-order valence-electron chi connectivity index (χ3n) is 0.645. The van der Waals surface area contributed by atoms with Gasteiger partial charge in [-0.3, -0.25) is 9.05 Å². The van der Waals surface area contributed by atoms with Crippen LogP contribution in [0.4, 0.5) is 13.0 Å². The summed E-state index contributed by atoms with van der Waals surface area (Å²) >= 11 is 0. The maximum atomic E-state index is 12.2. The molecule has 3 nitrogen and oxygen atoms in total. The van der Waals surface area contributed by atoms with Crippen LogP contribution >= 0.6 is 7.91 Å². The molecule has 0 heterocycles. The first-order valence-corrected chi connectivity index (χ1v) is 4.26. The number of rotatable bonds is 6. The molecule has 0 aromatic heterocycles. The molecule has 0 saturated heterocycles. The van der Waals surface area contributed by atoms with Crippen molar-refractivity contribution in [1.29, 1.82) is 0 Å². The monoisotopic (exact) mass is 192 g/mol. The van der Waals surface area contributed by atoms with E-state index in [0.717, 1.165) is 0 Å². The molecular formula is C4H8F3O3P. The minimum absolute atomic E-state index is 0.653. The van der Waals surface area contributed by atoms with Crippen molar-refractivity contribution >= 4 is 7.91 Å². The summed E-state index contributed by atoms with van der Waals surface area (Å²) in [5.74, 6) is 0. The Morgan fingerprint density at radius 3 is 1.73 bits per heavy atom. The highest BCUT2D eigenvalue weighted by molar-refractivity contribution is 7.48. The molecule has 0 aromatic rings. The maximum Gasteiger partial charge on any atom is 0.513 e. The Hall–Kier alpha value is -0.0600. The summed E-state index contributed by atoms with van der Waals surface area (Å²) in [6, 6.07) is 0. The average Bonchev–Trinajstić information content (AvgIpc) is 1.97. The number of alkyl halides is 2. The van der Waals surface area contributed by atoms with Gasteiger partial charge in [-0.25, -0.2) is 13.3 Å². The van der Waals surface area contributed by atoms with Gasteiger partial charge >= 0.3 is 7.91 Å². The van der Waals surface area contributed by atoms with Crippen LogP contribution in [0.5, 0.6) is 0 Å². The lowest BCUT2D eigenvalue weighted by Crippen LogP contribution is -1.97. The van der Waals surface area contributed by atoms with Crippen LogP contribution in [0.25, 0.3) is 0 Å². The highest BCUT2D eigenvalue weighted by atomic mass is 31.2. The Bertz CT molecular complexity index is 131. The van der Waals surface area contributed by atoms with Crippen molar-refractivity contribution in [2.75, 3.05) is 26.6 Å². The van der Waals surface area contributed by atoms with Crippen LogP contribution in [0.3, 0.4) is 0 Å². The summed E-state index contributed by atoms with van der Waals surface area (Å²) < 4.78 is 52.7. The van der Waals surface area contributed by atoms with Crippen LogP contribution in [-0.2, 0) is 13.6 Å². The first-order valence-electron chi connectivity index (χ1n) is 2.83. The van der Waals surface area contributed by atoms with E-state index in [-0.39, 0.29) is 0 Å². The zero-order chi connectivity index (χ0) is 8.74. The molecule has 68 valence electrons. The van der Waals surface area contributed by atoms with E-state index in [9.17, 15) is 17.5 Å². The van der Waals surface area contributed by atoms with E-state index in [0.29, 0.717) is 0 Å². The van der Waals surface area contributed by atoms with Crippen molar-refractivity contribution in [2.45, 2.75) is 0 Å². The van der Waals surface area contributed by atoms with Gasteiger partial charge in [-0.15, -0.1) is 4.20 Å². The molecule has 0 atom stereocenters. The predicted molar refractivity (Wildman–Crippen MR) is 32.6 cm³/mol. The molecule has 0 N–H and O–H groups in total. The standard InChI is InChI=1S/C4H8F3O3P/c5-1-3-9-11(7,8)10-4-2-6/h1-4H2. The van der Waals surface area contributed by atoms with E-state index in [4.69, 9.17) is 0 Å². The van der Waals surface area contributed by atoms with Gasteiger partial charge in [0.15, 0.2) is 0 Å². The van der Waals surface area contributed by atoms with Crippen molar-refractivity contribution in [3.8, 4) is 0 Å². The quantitative estimate of drug-likeness (QED) is 0.604. The van der Waals surface area contributed by atoms with E-state index in [1.54, 1.807) is 0 Å². The van der Waals surface area contributed by atoms with Crippen molar-refractivity contribution in [3.63, 3.8) is 0 Å². The van der Waals surface area contributed by atoms with Crippen LogP contribution in [-0.4, -0.2) is 26.6 Å².